The van der Waals surface area contributed by atoms with Crippen molar-refractivity contribution in [2.45, 2.75) is 33.1 Å². The smallest absolute Gasteiger partial charge is 0.295 e. The van der Waals surface area contributed by atoms with Gasteiger partial charge in [0.25, 0.3) is 5.56 Å². The van der Waals surface area contributed by atoms with Gasteiger partial charge < -0.3 is 11.1 Å². The molecule has 0 aliphatic carbocycles. The van der Waals surface area contributed by atoms with E-state index in [0.717, 1.165) is 0 Å². The number of rotatable bonds is 8. The zero-order valence-electron chi connectivity index (χ0n) is 15.1. The van der Waals surface area contributed by atoms with Gasteiger partial charge in [-0.05, 0) is 31.9 Å². The predicted octanol–water partition coefficient (Wildman–Crippen LogP) is 2.28. The number of hydrogen-bond donors (Lipinski definition) is 2. The number of benzene rings is 1. The molecular formula is C19H24N4O3. The molecule has 0 saturated carbocycles. The Morgan fingerprint density at radius 3 is 2.50 bits per heavy atom. The fourth-order valence-corrected chi connectivity index (χ4v) is 2.85. The first-order valence-corrected chi connectivity index (χ1v) is 8.51. The van der Waals surface area contributed by atoms with Gasteiger partial charge in [0.15, 0.2) is 0 Å². The molecule has 1 atom stereocenters. The summed E-state index contributed by atoms with van der Waals surface area (Å²) in [6.45, 7) is 7.32. The van der Waals surface area contributed by atoms with E-state index < -0.39 is 5.91 Å². The summed E-state index contributed by atoms with van der Waals surface area (Å²) in [6, 6.07) is 9.10. The normalized spacial score (nSPS) is 11.8. The molecule has 7 nitrogen and oxygen atoms in total. The third-order valence-corrected chi connectivity index (χ3v) is 4.38. The number of hydrogen-bond acceptors (Lipinski definition) is 3. The van der Waals surface area contributed by atoms with E-state index in [1.165, 1.54) is 10.9 Å². The molecule has 2 aromatic rings. The minimum atomic E-state index is -0.416. The molecule has 0 saturated heterocycles. The van der Waals surface area contributed by atoms with Gasteiger partial charge in [-0.2, -0.15) is 0 Å². The largest absolute Gasteiger partial charge is 0.369 e. The Kier molecular flexibility index (Phi) is 6.16. The SMILES string of the molecule is C=Cn1c(C)c(NC(=O)CCC(CC)C(N)=O)c(=O)n1-c1ccccc1. The van der Waals surface area contributed by atoms with Gasteiger partial charge in [-0.3, -0.25) is 19.1 Å². The Hall–Kier alpha value is -3.09. The lowest BCUT2D eigenvalue weighted by Gasteiger charge is -2.10. The Morgan fingerprint density at radius 1 is 1.31 bits per heavy atom. The molecule has 0 radical (unpaired) electrons. The van der Waals surface area contributed by atoms with Crippen molar-refractivity contribution in [3.63, 3.8) is 0 Å². The monoisotopic (exact) mass is 356 g/mol. The Labute approximate surface area is 152 Å². The number of nitrogens with zero attached hydrogens (tertiary/aromatic N) is 2. The van der Waals surface area contributed by atoms with E-state index in [9.17, 15) is 14.4 Å². The molecule has 1 aromatic heterocycles. The summed E-state index contributed by atoms with van der Waals surface area (Å²) in [6.07, 6.45) is 2.56. The zero-order valence-corrected chi connectivity index (χ0v) is 15.1. The summed E-state index contributed by atoms with van der Waals surface area (Å²) in [7, 11) is 0. The highest BCUT2D eigenvalue weighted by Crippen LogP contribution is 2.17. The molecule has 1 heterocycles. The number of carbonyl (C=O) groups is 2. The maximum atomic E-state index is 12.8. The topological polar surface area (TPSA) is 99.1 Å². The molecule has 3 N–H and O–H groups in total. The lowest BCUT2D eigenvalue weighted by molar-refractivity contribution is -0.122. The van der Waals surface area contributed by atoms with Crippen molar-refractivity contribution in [2.24, 2.45) is 11.7 Å². The van der Waals surface area contributed by atoms with Gasteiger partial charge in [0, 0.05) is 18.5 Å². The van der Waals surface area contributed by atoms with Crippen LogP contribution in [0.2, 0.25) is 0 Å². The quantitative estimate of drug-likeness (QED) is 0.759. The van der Waals surface area contributed by atoms with E-state index >= 15 is 0 Å². The molecule has 0 fully saturated rings. The summed E-state index contributed by atoms with van der Waals surface area (Å²) >= 11 is 0. The van der Waals surface area contributed by atoms with Crippen molar-refractivity contribution in [3.8, 4) is 5.69 Å². The molecule has 0 aliphatic rings. The number of nitrogens with two attached hydrogens (primary N) is 1. The van der Waals surface area contributed by atoms with E-state index in [-0.39, 0.29) is 29.5 Å². The fraction of sp³-hybridized carbons (Fsp3) is 0.316. The van der Waals surface area contributed by atoms with Crippen molar-refractivity contribution in [1.82, 2.24) is 9.36 Å². The molecular weight excluding hydrogens is 332 g/mol. The summed E-state index contributed by atoms with van der Waals surface area (Å²) in [5, 5.41) is 2.67. The average Bonchev–Trinajstić information content (AvgIpc) is 2.86. The van der Waals surface area contributed by atoms with Crippen LogP contribution in [0.15, 0.2) is 41.7 Å². The lowest BCUT2D eigenvalue weighted by atomic mass is 9.99. The molecule has 138 valence electrons. The molecule has 26 heavy (non-hydrogen) atoms. The standard InChI is InChI=1S/C19H24N4O3/c1-4-14(18(20)25)11-12-16(24)21-17-13(3)22(5-2)23(19(17)26)15-9-7-6-8-10-15/h5-10,14H,2,4,11-12H2,1,3H3,(H2,20,25)(H,21,24). The van der Waals surface area contributed by atoms with Crippen molar-refractivity contribution >= 4 is 23.7 Å². The molecule has 7 heteroatoms. The van der Waals surface area contributed by atoms with E-state index in [0.29, 0.717) is 24.2 Å². The third-order valence-electron chi connectivity index (χ3n) is 4.38. The van der Waals surface area contributed by atoms with E-state index in [2.05, 4.69) is 11.9 Å². The molecule has 2 amide bonds. The lowest BCUT2D eigenvalue weighted by Crippen LogP contribution is -2.25. The first-order chi connectivity index (χ1) is 12.4. The van der Waals surface area contributed by atoms with E-state index in [1.807, 2.05) is 25.1 Å². The Balaban J connectivity index is 2.27. The summed E-state index contributed by atoms with van der Waals surface area (Å²) in [4.78, 5) is 36.3. The number of carbonyl (C=O) groups excluding carboxylic acids is 2. The highest BCUT2D eigenvalue weighted by molar-refractivity contribution is 5.91. The predicted molar refractivity (Wildman–Crippen MR) is 102 cm³/mol. The molecule has 1 aromatic carbocycles. The number of aromatic nitrogens is 2. The number of nitrogens with one attached hydrogen (secondary N) is 1. The molecule has 0 aliphatic heterocycles. The van der Waals surface area contributed by atoms with Crippen LogP contribution in [0.4, 0.5) is 5.69 Å². The van der Waals surface area contributed by atoms with Crippen LogP contribution in [0, 0.1) is 12.8 Å². The number of anilines is 1. The van der Waals surface area contributed by atoms with Gasteiger partial charge in [-0.25, -0.2) is 4.68 Å². The van der Waals surface area contributed by atoms with Crippen LogP contribution in [0.25, 0.3) is 11.9 Å². The van der Waals surface area contributed by atoms with Gasteiger partial charge >= 0.3 is 0 Å². The van der Waals surface area contributed by atoms with E-state index in [4.69, 9.17) is 5.73 Å². The van der Waals surface area contributed by atoms with Gasteiger partial charge in [0.05, 0.1) is 11.4 Å². The number of primary amides is 1. The molecule has 0 spiro atoms. The molecule has 0 bridgehead atoms. The van der Waals surface area contributed by atoms with Gasteiger partial charge in [0.1, 0.15) is 5.69 Å². The zero-order chi connectivity index (χ0) is 19.3. The summed E-state index contributed by atoms with van der Waals surface area (Å²) in [5.74, 6) is -1.09. The maximum absolute atomic E-state index is 12.8. The summed E-state index contributed by atoms with van der Waals surface area (Å²) < 4.78 is 3.03. The second-order valence-electron chi connectivity index (χ2n) is 6.03. The summed E-state index contributed by atoms with van der Waals surface area (Å²) in [5.41, 5.74) is 6.40. The maximum Gasteiger partial charge on any atom is 0.295 e. The van der Waals surface area contributed by atoms with Crippen LogP contribution >= 0.6 is 0 Å². The van der Waals surface area contributed by atoms with Gasteiger partial charge in [0.2, 0.25) is 11.8 Å². The molecule has 2 rings (SSSR count). The van der Waals surface area contributed by atoms with Crippen molar-refractivity contribution in [3.05, 3.63) is 53.0 Å². The second kappa shape index (κ2) is 8.33. The first kappa shape index (κ1) is 19.2. The van der Waals surface area contributed by atoms with Crippen LogP contribution < -0.4 is 16.6 Å². The Bertz CT molecular complexity index is 865. The minimum Gasteiger partial charge on any atom is -0.369 e. The number of para-hydroxylation sites is 1. The van der Waals surface area contributed by atoms with Crippen LogP contribution in [0.3, 0.4) is 0 Å². The van der Waals surface area contributed by atoms with E-state index in [1.54, 1.807) is 23.7 Å². The van der Waals surface area contributed by atoms with Crippen molar-refractivity contribution < 1.29 is 9.59 Å². The average molecular weight is 356 g/mol. The second-order valence-corrected chi connectivity index (χ2v) is 6.03. The minimum absolute atomic E-state index is 0.116. The van der Waals surface area contributed by atoms with Crippen LogP contribution in [0.5, 0.6) is 0 Å². The van der Waals surface area contributed by atoms with Crippen molar-refractivity contribution in [1.29, 1.82) is 0 Å². The van der Waals surface area contributed by atoms with Crippen LogP contribution in [-0.4, -0.2) is 21.2 Å². The van der Waals surface area contributed by atoms with Crippen molar-refractivity contribution in [2.75, 3.05) is 5.32 Å². The molecule has 1 unspecified atom stereocenters. The van der Waals surface area contributed by atoms with Gasteiger partial charge in [-0.1, -0.05) is 31.7 Å². The fourth-order valence-electron chi connectivity index (χ4n) is 2.85. The Morgan fingerprint density at radius 2 is 1.96 bits per heavy atom. The third kappa shape index (κ3) is 3.93. The number of amides is 2. The first-order valence-electron chi connectivity index (χ1n) is 8.51. The van der Waals surface area contributed by atoms with Gasteiger partial charge in [-0.15, -0.1) is 0 Å². The van der Waals surface area contributed by atoms with Crippen LogP contribution in [-0.2, 0) is 9.59 Å². The highest BCUT2D eigenvalue weighted by Gasteiger charge is 2.20. The van der Waals surface area contributed by atoms with Crippen LogP contribution in [0.1, 0.15) is 31.9 Å². The highest BCUT2D eigenvalue weighted by atomic mass is 16.2.